The van der Waals surface area contributed by atoms with Crippen LogP contribution in [0.15, 0.2) is 24.3 Å². The summed E-state index contributed by atoms with van der Waals surface area (Å²) in [5.41, 5.74) is 1.35. The summed E-state index contributed by atoms with van der Waals surface area (Å²) in [6.07, 6.45) is 6.29. The molecule has 3 heteroatoms. The first kappa shape index (κ1) is 15.8. The van der Waals surface area contributed by atoms with Gasteiger partial charge < -0.3 is 5.32 Å². The van der Waals surface area contributed by atoms with E-state index in [1.54, 1.807) is 0 Å². The van der Waals surface area contributed by atoms with Gasteiger partial charge in [0.2, 0.25) is 0 Å². The van der Waals surface area contributed by atoms with E-state index in [0.29, 0.717) is 18.1 Å². The van der Waals surface area contributed by atoms with Gasteiger partial charge >= 0.3 is 0 Å². The number of rotatable bonds is 5. The van der Waals surface area contributed by atoms with Crippen molar-refractivity contribution in [2.45, 2.75) is 57.2 Å². The monoisotopic (exact) mass is 294 g/mol. The maximum absolute atomic E-state index is 6.15. The van der Waals surface area contributed by atoms with Crippen LogP contribution < -0.4 is 5.32 Å². The van der Waals surface area contributed by atoms with Crippen molar-refractivity contribution in [2.24, 2.45) is 0 Å². The molecule has 0 heterocycles. The quantitative estimate of drug-likeness (QED) is 0.873. The molecular formula is C17H27ClN2. The van der Waals surface area contributed by atoms with E-state index in [0.717, 1.165) is 11.4 Å². The number of hydrogen-bond donors (Lipinski definition) is 1. The molecule has 1 aliphatic carbocycles. The topological polar surface area (TPSA) is 15.3 Å². The molecule has 0 aromatic heterocycles. The molecule has 0 spiro atoms. The van der Waals surface area contributed by atoms with Gasteiger partial charge in [-0.25, -0.2) is 0 Å². The van der Waals surface area contributed by atoms with Crippen LogP contribution in [-0.4, -0.2) is 31.1 Å². The Morgan fingerprint density at radius 3 is 2.55 bits per heavy atom. The highest BCUT2D eigenvalue weighted by atomic mass is 35.5. The molecule has 1 aliphatic rings. The van der Waals surface area contributed by atoms with E-state index in [2.05, 4.69) is 49.4 Å². The van der Waals surface area contributed by atoms with E-state index in [-0.39, 0.29) is 0 Å². The molecule has 1 aromatic carbocycles. The Hall–Kier alpha value is -0.570. The number of hydrogen-bond acceptors (Lipinski definition) is 2. The molecule has 1 saturated carbocycles. The van der Waals surface area contributed by atoms with Crippen LogP contribution in [0.1, 0.15) is 50.6 Å². The second-order valence-corrected chi connectivity index (χ2v) is 6.38. The van der Waals surface area contributed by atoms with Crippen molar-refractivity contribution in [2.75, 3.05) is 14.1 Å². The van der Waals surface area contributed by atoms with Crippen molar-refractivity contribution in [3.8, 4) is 0 Å². The minimum atomic E-state index is 0.477. The Balaban J connectivity index is 2.04. The van der Waals surface area contributed by atoms with Crippen molar-refractivity contribution in [1.82, 2.24) is 10.2 Å². The zero-order valence-electron chi connectivity index (χ0n) is 12.9. The SMILES string of the molecule is CCC(c1cccc(Cl)c1)N(C)C1CCC(NC)CC1. The molecular weight excluding hydrogens is 268 g/mol. The summed E-state index contributed by atoms with van der Waals surface area (Å²) in [5, 5.41) is 4.25. The third-order valence-corrected chi connectivity index (χ3v) is 5.03. The molecule has 20 heavy (non-hydrogen) atoms. The normalized spacial score (nSPS) is 24.9. The standard InChI is InChI=1S/C17H27ClN2/c1-4-17(13-6-5-7-14(18)12-13)20(3)16-10-8-15(19-2)9-11-16/h5-7,12,15-17,19H,4,8-11H2,1-3H3. The molecule has 0 bridgehead atoms. The van der Waals surface area contributed by atoms with Gasteiger partial charge in [-0.2, -0.15) is 0 Å². The number of halogens is 1. The van der Waals surface area contributed by atoms with Gasteiger partial charge in [0.15, 0.2) is 0 Å². The summed E-state index contributed by atoms with van der Waals surface area (Å²) >= 11 is 6.15. The van der Waals surface area contributed by atoms with Gasteiger partial charge in [0.25, 0.3) is 0 Å². The highest BCUT2D eigenvalue weighted by Gasteiger charge is 2.27. The fourth-order valence-corrected chi connectivity index (χ4v) is 3.70. The van der Waals surface area contributed by atoms with Crippen LogP contribution in [0.2, 0.25) is 5.02 Å². The molecule has 1 N–H and O–H groups in total. The fraction of sp³-hybridized carbons (Fsp3) is 0.647. The van der Waals surface area contributed by atoms with Gasteiger partial charge in [-0.1, -0.05) is 30.7 Å². The highest BCUT2D eigenvalue weighted by molar-refractivity contribution is 6.30. The first-order valence-corrected chi connectivity index (χ1v) is 8.18. The first-order valence-electron chi connectivity index (χ1n) is 7.80. The van der Waals surface area contributed by atoms with E-state index in [1.165, 1.54) is 31.2 Å². The summed E-state index contributed by atoms with van der Waals surface area (Å²) in [6.45, 7) is 2.27. The fourth-order valence-electron chi connectivity index (χ4n) is 3.50. The van der Waals surface area contributed by atoms with Crippen molar-refractivity contribution in [1.29, 1.82) is 0 Å². The van der Waals surface area contributed by atoms with Crippen LogP contribution in [-0.2, 0) is 0 Å². The van der Waals surface area contributed by atoms with Crippen molar-refractivity contribution < 1.29 is 0 Å². The van der Waals surface area contributed by atoms with Gasteiger partial charge in [-0.3, -0.25) is 4.90 Å². The maximum Gasteiger partial charge on any atom is 0.0409 e. The lowest BCUT2D eigenvalue weighted by atomic mass is 9.88. The van der Waals surface area contributed by atoms with Crippen LogP contribution >= 0.6 is 11.6 Å². The minimum absolute atomic E-state index is 0.477. The van der Waals surface area contributed by atoms with Gasteiger partial charge in [-0.15, -0.1) is 0 Å². The van der Waals surface area contributed by atoms with Crippen LogP contribution in [0.4, 0.5) is 0 Å². The van der Waals surface area contributed by atoms with Crippen molar-refractivity contribution in [3.63, 3.8) is 0 Å². The van der Waals surface area contributed by atoms with E-state index in [1.807, 2.05) is 6.07 Å². The molecule has 0 aliphatic heterocycles. The summed E-state index contributed by atoms with van der Waals surface area (Å²) in [7, 11) is 4.36. The average Bonchev–Trinajstić information content (AvgIpc) is 2.48. The van der Waals surface area contributed by atoms with E-state index in [4.69, 9.17) is 11.6 Å². The van der Waals surface area contributed by atoms with Gasteiger partial charge in [0.05, 0.1) is 0 Å². The number of benzene rings is 1. The van der Waals surface area contributed by atoms with E-state index < -0.39 is 0 Å². The summed E-state index contributed by atoms with van der Waals surface area (Å²) in [4.78, 5) is 2.57. The molecule has 1 aromatic rings. The summed E-state index contributed by atoms with van der Waals surface area (Å²) < 4.78 is 0. The summed E-state index contributed by atoms with van der Waals surface area (Å²) in [5.74, 6) is 0. The zero-order valence-corrected chi connectivity index (χ0v) is 13.7. The third kappa shape index (κ3) is 3.75. The van der Waals surface area contributed by atoms with E-state index >= 15 is 0 Å². The highest BCUT2D eigenvalue weighted by Crippen LogP contribution is 2.31. The predicted molar refractivity (Wildman–Crippen MR) is 87.4 cm³/mol. The van der Waals surface area contributed by atoms with E-state index in [9.17, 15) is 0 Å². The molecule has 0 radical (unpaired) electrons. The number of nitrogens with one attached hydrogen (secondary N) is 1. The van der Waals surface area contributed by atoms with Crippen molar-refractivity contribution >= 4 is 11.6 Å². The Kier molecular flexibility index (Phi) is 5.88. The van der Waals surface area contributed by atoms with Gasteiger partial charge in [-0.05, 0) is 63.9 Å². The second-order valence-electron chi connectivity index (χ2n) is 5.94. The zero-order chi connectivity index (χ0) is 14.5. The first-order chi connectivity index (χ1) is 9.65. The lowest BCUT2D eigenvalue weighted by Gasteiger charge is -2.39. The molecule has 1 unspecified atom stereocenters. The smallest absolute Gasteiger partial charge is 0.0409 e. The predicted octanol–water partition coefficient (Wildman–Crippen LogP) is 4.25. The lowest BCUT2D eigenvalue weighted by molar-refractivity contribution is 0.124. The van der Waals surface area contributed by atoms with Gasteiger partial charge in [0.1, 0.15) is 0 Å². The second kappa shape index (κ2) is 7.44. The van der Waals surface area contributed by atoms with Crippen molar-refractivity contribution in [3.05, 3.63) is 34.9 Å². The summed E-state index contributed by atoms with van der Waals surface area (Å²) in [6, 6.07) is 10.2. The average molecular weight is 295 g/mol. The van der Waals surface area contributed by atoms with Crippen LogP contribution in [0.3, 0.4) is 0 Å². The Bertz CT molecular complexity index is 413. The molecule has 112 valence electrons. The molecule has 1 fully saturated rings. The van der Waals surface area contributed by atoms with Crippen LogP contribution in [0.25, 0.3) is 0 Å². The molecule has 2 rings (SSSR count). The maximum atomic E-state index is 6.15. The molecule has 0 amide bonds. The molecule has 1 atom stereocenters. The molecule has 0 saturated heterocycles. The lowest BCUT2D eigenvalue weighted by Crippen LogP contribution is -2.41. The number of nitrogens with zero attached hydrogens (tertiary/aromatic N) is 1. The molecule has 2 nitrogen and oxygen atoms in total. The minimum Gasteiger partial charge on any atom is -0.317 e. The largest absolute Gasteiger partial charge is 0.317 e. The Morgan fingerprint density at radius 1 is 1.30 bits per heavy atom. The Morgan fingerprint density at radius 2 is 2.00 bits per heavy atom. The third-order valence-electron chi connectivity index (χ3n) is 4.79. The Labute approximate surface area is 128 Å². The van der Waals surface area contributed by atoms with Gasteiger partial charge in [0, 0.05) is 23.1 Å². The van der Waals surface area contributed by atoms with Crippen LogP contribution in [0, 0.1) is 0 Å². The van der Waals surface area contributed by atoms with Crippen LogP contribution in [0.5, 0.6) is 0 Å².